The molecule has 2 aromatic heterocycles. The number of nitrogens with one attached hydrogen (secondary N) is 1. The van der Waals surface area contributed by atoms with E-state index in [-0.39, 0.29) is 11.4 Å². The Morgan fingerprint density at radius 1 is 1.10 bits per heavy atom. The molecule has 2 heterocycles. The van der Waals surface area contributed by atoms with Gasteiger partial charge in [-0.3, -0.25) is 4.79 Å². The minimum Gasteiger partial charge on any atom is -0.326 e. The Bertz CT molecular complexity index is 1100. The minimum absolute atomic E-state index is 0.0417. The number of hydrogen-bond acceptors (Lipinski definition) is 3. The first-order chi connectivity index (χ1) is 14.0. The molecule has 0 unspecified atom stereocenters. The van der Waals surface area contributed by atoms with Crippen LogP contribution in [0.25, 0.3) is 11.0 Å². The van der Waals surface area contributed by atoms with Crippen LogP contribution in [0.4, 0.5) is 5.69 Å². The number of amides is 1. The second-order valence-corrected chi connectivity index (χ2v) is 9.18. The molecule has 5 heteroatoms. The molecule has 0 atom stereocenters. The van der Waals surface area contributed by atoms with E-state index in [1.54, 1.807) is 0 Å². The highest BCUT2D eigenvalue weighted by Gasteiger charge is 2.23. The molecule has 0 aliphatic carbocycles. The fourth-order valence-electron chi connectivity index (χ4n) is 4.18. The zero-order valence-electron chi connectivity index (χ0n) is 19.6. The van der Waals surface area contributed by atoms with Crippen LogP contribution in [0.5, 0.6) is 0 Å². The number of pyridine rings is 1. The molecule has 1 N–H and O–H groups in total. The number of carbonyl (C=O) groups excluding carboxylic acids is 1. The summed E-state index contributed by atoms with van der Waals surface area (Å²) in [4.78, 5) is 17.6. The van der Waals surface area contributed by atoms with Crippen molar-refractivity contribution in [3.05, 3.63) is 51.8 Å². The van der Waals surface area contributed by atoms with Gasteiger partial charge in [0.15, 0.2) is 5.65 Å². The second kappa shape index (κ2) is 8.21. The van der Waals surface area contributed by atoms with Crippen molar-refractivity contribution < 1.29 is 4.79 Å². The smallest absolute Gasteiger partial charge is 0.224 e. The third-order valence-corrected chi connectivity index (χ3v) is 5.82. The van der Waals surface area contributed by atoms with E-state index in [4.69, 9.17) is 10.1 Å². The third-order valence-electron chi connectivity index (χ3n) is 5.82. The molecule has 0 aliphatic heterocycles. The number of carbonyl (C=O) groups is 1. The average molecular weight is 407 g/mol. The number of anilines is 1. The molecule has 0 fully saturated rings. The van der Waals surface area contributed by atoms with Crippen molar-refractivity contribution in [2.45, 2.75) is 80.2 Å². The van der Waals surface area contributed by atoms with Crippen LogP contribution in [0.3, 0.4) is 0 Å². The van der Waals surface area contributed by atoms with Crippen LogP contribution in [-0.2, 0) is 23.2 Å². The van der Waals surface area contributed by atoms with Crippen LogP contribution in [-0.4, -0.2) is 20.7 Å². The highest BCUT2D eigenvalue weighted by molar-refractivity contribution is 5.92. The summed E-state index contributed by atoms with van der Waals surface area (Å²) in [6.45, 7) is 16.8. The molecular formula is C25H34N4O. The molecule has 5 nitrogen and oxygen atoms in total. The van der Waals surface area contributed by atoms with Crippen LogP contribution in [0, 0.1) is 27.7 Å². The van der Waals surface area contributed by atoms with Crippen LogP contribution in [0.15, 0.2) is 18.2 Å². The monoisotopic (exact) mass is 406 g/mol. The van der Waals surface area contributed by atoms with Crippen molar-refractivity contribution in [2.24, 2.45) is 0 Å². The van der Waals surface area contributed by atoms with Gasteiger partial charge in [0.05, 0.1) is 11.2 Å². The summed E-state index contributed by atoms with van der Waals surface area (Å²) in [7, 11) is 0. The molecule has 0 radical (unpaired) electrons. The van der Waals surface area contributed by atoms with Gasteiger partial charge >= 0.3 is 0 Å². The van der Waals surface area contributed by atoms with Gasteiger partial charge < -0.3 is 5.32 Å². The Morgan fingerprint density at radius 3 is 2.43 bits per heavy atom. The Hall–Kier alpha value is -2.69. The van der Waals surface area contributed by atoms with Crippen LogP contribution in [0.1, 0.15) is 67.8 Å². The Labute approximate surface area is 179 Å². The van der Waals surface area contributed by atoms with Gasteiger partial charge in [-0.05, 0) is 83.6 Å². The summed E-state index contributed by atoms with van der Waals surface area (Å²) in [6.07, 6.45) is 1.99. The topological polar surface area (TPSA) is 59.8 Å². The van der Waals surface area contributed by atoms with Gasteiger partial charge in [-0.2, -0.15) is 5.10 Å². The standard InChI is InChI=1S/C25H34N4O/c1-9-19-12-10-11-15(2)23(19)27-21(30)14-13-20-16(3)22-18(5)28-29(25(6,7)8)24(22)26-17(20)4/h10-12H,9,13-14H2,1-8H3,(H,27,30). The van der Waals surface area contributed by atoms with Crippen molar-refractivity contribution in [2.75, 3.05) is 5.32 Å². The predicted molar refractivity (Wildman–Crippen MR) is 124 cm³/mol. The van der Waals surface area contributed by atoms with Crippen molar-refractivity contribution in [1.82, 2.24) is 14.8 Å². The van der Waals surface area contributed by atoms with Crippen molar-refractivity contribution in [3.63, 3.8) is 0 Å². The molecule has 160 valence electrons. The molecule has 0 saturated carbocycles. The third kappa shape index (κ3) is 4.11. The predicted octanol–water partition coefficient (Wildman–Crippen LogP) is 5.55. The normalized spacial score (nSPS) is 11.9. The fraction of sp³-hybridized carbons (Fsp3) is 0.480. The number of fused-ring (bicyclic) bond motifs is 1. The van der Waals surface area contributed by atoms with Gasteiger partial charge in [-0.1, -0.05) is 25.1 Å². The maximum absolute atomic E-state index is 12.7. The molecule has 0 spiro atoms. The van der Waals surface area contributed by atoms with Crippen molar-refractivity contribution in [1.29, 1.82) is 0 Å². The lowest BCUT2D eigenvalue weighted by molar-refractivity contribution is -0.116. The molecule has 3 rings (SSSR count). The first-order valence-electron chi connectivity index (χ1n) is 10.8. The number of rotatable bonds is 5. The van der Waals surface area contributed by atoms with Crippen molar-refractivity contribution in [3.8, 4) is 0 Å². The number of para-hydroxylation sites is 1. The van der Waals surface area contributed by atoms with E-state index in [9.17, 15) is 4.79 Å². The maximum Gasteiger partial charge on any atom is 0.224 e. The molecule has 30 heavy (non-hydrogen) atoms. The van der Waals surface area contributed by atoms with Gasteiger partial charge in [0.1, 0.15) is 0 Å². The molecule has 1 aromatic carbocycles. The molecular weight excluding hydrogens is 372 g/mol. The Balaban J connectivity index is 1.87. The van der Waals surface area contributed by atoms with Gasteiger partial charge in [-0.15, -0.1) is 0 Å². The zero-order chi connectivity index (χ0) is 22.2. The first-order valence-corrected chi connectivity index (χ1v) is 10.8. The summed E-state index contributed by atoms with van der Waals surface area (Å²) >= 11 is 0. The van der Waals surface area contributed by atoms with Crippen molar-refractivity contribution >= 4 is 22.6 Å². The van der Waals surface area contributed by atoms with E-state index in [0.717, 1.165) is 45.7 Å². The first kappa shape index (κ1) is 22.0. The van der Waals surface area contributed by atoms with Crippen LogP contribution in [0.2, 0.25) is 0 Å². The molecule has 0 saturated heterocycles. The number of benzene rings is 1. The van der Waals surface area contributed by atoms with Gasteiger partial charge in [0.2, 0.25) is 5.91 Å². The summed E-state index contributed by atoms with van der Waals surface area (Å²) in [5.74, 6) is 0.0417. The second-order valence-electron chi connectivity index (χ2n) is 9.18. The van der Waals surface area contributed by atoms with E-state index in [1.807, 2.05) is 37.6 Å². The SMILES string of the molecule is CCc1cccc(C)c1NC(=O)CCc1c(C)nc2c(c(C)nn2C(C)(C)C)c1C. The number of nitrogens with zero attached hydrogens (tertiary/aromatic N) is 3. The van der Waals surface area contributed by atoms with Gasteiger partial charge in [-0.25, -0.2) is 9.67 Å². The lowest BCUT2D eigenvalue weighted by Crippen LogP contribution is -2.23. The van der Waals surface area contributed by atoms with Crippen LogP contribution < -0.4 is 5.32 Å². The number of aryl methyl sites for hydroxylation is 5. The average Bonchev–Trinajstić information content (AvgIpc) is 2.99. The highest BCUT2D eigenvalue weighted by atomic mass is 16.1. The lowest BCUT2D eigenvalue weighted by Gasteiger charge is -2.20. The van der Waals surface area contributed by atoms with Gasteiger partial charge in [0, 0.05) is 23.2 Å². The van der Waals surface area contributed by atoms with Crippen LogP contribution >= 0.6 is 0 Å². The minimum atomic E-state index is -0.135. The van der Waals surface area contributed by atoms with E-state index in [2.05, 4.69) is 46.0 Å². The summed E-state index contributed by atoms with van der Waals surface area (Å²) in [5, 5.41) is 9.00. The molecule has 0 bridgehead atoms. The summed E-state index contributed by atoms with van der Waals surface area (Å²) in [5.41, 5.74) is 8.31. The van der Waals surface area contributed by atoms with E-state index >= 15 is 0 Å². The Morgan fingerprint density at radius 2 is 1.80 bits per heavy atom. The largest absolute Gasteiger partial charge is 0.326 e. The summed E-state index contributed by atoms with van der Waals surface area (Å²) < 4.78 is 2.01. The molecule has 0 aliphatic rings. The molecule has 3 aromatic rings. The lowest BCUT2D eigenvalue weighted by atomic mass is 9.98. The Kier molecular flexibility index (Phi) is 6.02. The van der Waals surface area contributed by atoms with E-state index in [1.165, 1.54) is 11.1 Å². The fourth-order valence-corrected chi connectivity index (χ4v) is 4.18. The van der Waals surface area contributed by atoms with E-state index < -0.39 is 0 Å². The number of hydrogen-bond donors (Lipinski definition) is 1. The highest BCUT2D eigenvalue weighted by Crippen LogP contribution is 2.30. The maximum atomic E-state index is 12.7. The zero-order valence-corrected chi connectivity index (χ0v) is 19.6. The molecule has 1 amide bonds. The summed E-state index contributed by atoms with van der Waals surface area (Å²) in [6, 6.07) is 6.15. The van der Waals surface area contributed by atoms with Gasteiger partial charge in [0.25, 0.3) is 0 Å². The number of aromatic nitrogens is 3. The quantitative estimate of drug-likeness (QED) is 0.604. The van der Waals surface area contributed by atoms with E-state index in [0.29, 0.717) is 12.8 Å².